The van der Waals surface area contributed by atoms with Gasteiger partial charge in [-0.3, -0.25) is 9.48 Å². The highest BCUT2D eigenvalue weighted by Crippen LogP contribution is 2.41. The molecule has 8 heteroatoms. The smallest absolute Gasteiger partial charge is 0.248 e. The molecule has 6 nitrogen and oxygen atoms in total. The molecule has 2 aromatic rings. The van der Waals surface area contributed by atoms with E-state index >= 15 is 0 Å². The summed E-state index contributed by atoms with van der Waals surface area (Å²) in [5.74, 6) is -1.95. The largest absolute Gasteiger partial charge is 0.336 e. The van der Waals surface area contributed by atoms with E-state index in [4.69, 9.17) is 9.97 Å². The minimum atomic E-state index is -2.58. The number of alkyl halides is 2. The van der Waals surface area contributed by atoms with Crippen molar-refractivity contribution in [1.29, 1.82) is 0 Å². The van der Waals surface area contributed by atoms with Gasteiger partial charge in [0.25, 0.3) is 0 Å². The molecule has 1 saturated carbocycles. The van der Waals surface area contributed by atoms with Crippen molar-refractivity contribution in [3.8, 4) is 11.4 Å². The first-order chi connectivity index (χ1) is 13.4. The number of aromatic nitrogens is 4. The van der Waals surface area contributed by atoms with Crippen LogP contribution in [0.25, 0.3) is 11.4 Å². The van der Waals surface area contributed by atoms with Crippen LogP contribution < -0.4 is 0 Å². The lowest BCUT2D eigenvalue weighted by molar-refractivity contribution is -0.131. The molecule has 4 rings (SSSR count). The monoisotopic (exact) mass is 389 g/mol. The predicted octanol–water partition coefficient (Wildman–Crippen LogP) is 3.46. The second-order valence-corrected chi connectivity index (χ2v) is 7.78. The standard InChI is InChI=1S/C20H25F2N5O/c1-3-17(28)27-11-6-14-16(12-27)23-19(13-4-8-20(21,22)9-5-13)24-18(14)15-7-10-26(2)25-15/h7,10,13H,3-6,8-9,11-12H2,1-2H3. The quantitative estimate of drug-likeness (QED) is 0.806. The topological polar surface area (TPSA) is 63.9 Å². The molecule has 1 aliphatic carbocycles. The van der Waals surface area contributed by atoms with Gasteiger partial charge >= 0.3 is 0 Å². The van der Waals surface area contributed by atoms with Crippen LogP contribution in [0.3, 0.4) is 0 Å². The van der Waals surface area contributed by atoms with Crippen molar-refractivity contribution in [2.24, 2.45) is 7.05 Å². The van der Waals surface area contributed by atoms with Gasteiger partial charge in [0.05, 0.1) is 17.9 Å². The fraction of sp³-hybridized carbons (Fsp3) is 0.600. The van der Waals surface area contributed by atoms with Crippen LogP contribution in [0.2, 0.25) is 0 Å². The molecule has 0 N–H and O–H groups in total. The molecule has 0 bridgehead atoms. The SMILES string of the molecule is CCC(=O)N1CCc2c(nc(C3CCC(F)(F)CC3)nc2-c2ccn(C)n2)C1. The molecule has 0 unspecified atom stereocenters. The van der Waals surface area contributed by atoms with Crippen LogP contribution in [0, 0.1) is 0 Å². The third-order valence-corrected chi connectivity index (χ3v) is 5.78. The lowest BCUT2D eigenvalue weighted by Crippen LogP contribution is -2.37. The summed E-state index contributed by atoms with van der Waals surface area (Å²) in [7, 11) is 1.85. The van der Waals surface area contributed by atoms with Crippen LogP contribution >= 0.6 is 0 Å². The molecule has 0 aromatic carbocycles. The third kappa shape index (κ3) is 3.64. The second-order valence-electron chi connectivity index (χ2n) is 7.78. The van der Waals surface area contributed by atoms with Gasteiger partial charge in [-0.05, 0) is 25.3 Å². The summed E-state index contributed by atoms with van der Waals surface area (Å²) in [5, 5.41) is 4.49. The highest BCUT2D eigenvalue weighted by molar-refractivity contribution is 5.76. The zero-order chi connectivity index (χ0) is 19.9. The number of carbonyl (C=O) groups is 1. The van der Waals surface area contributed by atoms with E-state index in [2.05, 4.69) is 5.10 Å². The van der Waals surface area contributed by atoms with Crippen molar-refractivity contribution in [2.75, 3.05) is 6.54 Å². The molecule has 1 amide bonds. The lowest BCUT2D eigenvalue weighted by atomic mass is 9.86. The molecule has 3 heterocycles. The number of halogens is 2. The Bertz CT molecular complexity index is 885. The number of rotatable bonds is 3. The van der Waals surface area contributed by atoms with Crippen LogP contribution in [0.5, 0.6) is 0 Å². The molecule has 1 aliphatic heterocycles. The highest BCUT2D eigenvalue weighted by atomic mass is 19.3. The van der Waals surface area contributed by atoms with E-state index in [1.165, 1.54) is 0 Å². The Morgan fingerprint density at radius 1 is 1.29 bits per heavy atom. The molecule has 0 spiro atoms. The van der Waals surface area contributed by atoms with E-state index in [0.29, 0.717) is 44.6 Å². The summed E-state index contributed by atoms with van der Waals surface area (Å²) in [6.45, 7) is 2.93. The minimum Gasteiger partial charge on any atom is -0.336 e. The molecule has 2 aromatic heterocycles. The molecule has 2 aliphatic rings. The summed E-state index contributed by atoms with van der Waals surface area (Å²) in [4.78, 5) is 23.5. The number of hydrogen-bond donors (Lipinski definition) is 0. The molecule has 0 saturated heterocycles. The first-order valence-corrected chi connectivity index (χ1v) is 9.91. The Kier molecular flexibility index (Phi) is 4.89. The van der Waals surface area contributed by atoms with Gasteiger partial charge in [-0.1, -0.05) is 6.92 Å². The lowest BCUT2D eigenvalue weighted by Gasteiger charge is -2.31. The number of fused-ring (bicyclic) bond motifs is 1. The molecular weight excluding hydrogens is 364 g/mol. The van der Waals surface area contributed by atoms with Crippen LogP contribution in [0.15, 0.2) is 12.3 Å². The Labute approximate surface area is 163 Å². The van der Waals surface area contributed by atoms with Crippen LogP contribution in [-0.4, -0.2) is 43.0 Å². The van der Waals surface area contributed by atoms with Crippen LogP contribution in [0.1, 0.15) is 62.0 Å². The predicted molar refractivity (Wildman–Crippen MR) is 99.8 cm³/mol. The Morgan fingerprint density at radius 3 is 2.68 bits per heavy atom. The summed E-state index contributed by atoms with van der Waals surface area (Å²) < 4.78 is 28.9. The zero-order valence-electron chi connectivity index (χ0n) is 16.3. The average molecular weight is 389 g/mol. The Balaban J connectivity index is 1.73. The van der Waals surface area contributed by atoms with Crippen molar-refractivity contribution < 1.29 is 13.6 Å². The molecule has 28 heavy (non-hydrogen) atoms. The van der Waals surface area contributed by atoms with Crippen LogP contribution in [-0.2, 0) is 24.8 Å². The number of hydrogen-bond acceptors (Lipinski definition) is 4. The van der Waals surface area contributed by atoms with E-state index in [1.54, 1.807) is 4.68 Å². The maximum Gasteiger partial charge on any atom is 0.248 e. The second kappa shape index (κ2) is 7.22. The van der Waals surface area contributed by atoms with E-state index in [1.807, 2.05) is 31.1 Å². The number of aryl methyl sites for hydroxylation is 1. The Hall–Kier alpha value is -2.38. The molecule has 0 atom stereocenters. The van der Waals surface area contributed by atoms with Gasteiger partial charge in [0, 0.05) is 50.5 Å². The van der Waals surface area contributed by atoms with Gasteiger partial charge in [0.1, 0.15) is 11.5 Å². The number of amides is 1. The van der Waals surface area contributed by atoms with Gasteiger partial charge in [0.2, 0.25) is 11.8 Å². The van der Waals surface area contributed by atoms with E-state index in [0.717, 1.165) is 22.6 Å². The maximum atomic E-state index is 13.6. The maximum absolute atomic E-state index is 13.6. The normalized spacial score (nSPS) is 19.5. The van der Waals surface area contributed by atoms with Crippen molar-refractivity contribution in [2.45, 2.75) is 63.8 Å². The number of nitrogens with zero attached hydrogens (tertiary/aromatic N) is 5. The van der Waals surface area contributed by atoms with E-state index in [9.17, 15) is 13.6 Å². The molecular formula is C20H25F2N5O. The molecule has 1 fully saturated rings. The van der Waals surface area contributed by atoms with Gasteiger partial charge in [-0.15, -0.1) is 0 Å². The summed E-state index contributed by atoms with van der Waals surface area (Å²) in [5.41, 5.74) is 3.39. The zero-order valence-corrected chi connectivity index (χ0v) is 16.3. The van der Waals surface area contributed by atoms with Gasteiger partial charge in [-0.2, -0.15) is 5.10 Å². The summed E-state index contributed by atoms with van der Waals surface area (Å²) in [6.07, 6.45) is 3.50. The van der Waals surface area contributed by atoms with E-state index in [-0.39, 0.29) is 24.7 Å². The molecule has 0 radical (unpaired) electrons. The average Bonchev–Trinajstić information content (AvgIpc) is 3.12. The van der Waals surface area contributed by atoms with Gasteiger partial charge in [0.15, 0.2) is 0 Å². The van der Waals surface area contributed by atoms with Gasteiger partial charge < -0.3 is 4.90 Å². The van der Waals surface area contributed by atoms with Crippen molar-refractivity contribution in [3.63, 3.8) is 0 Å². The Morgan fingerprint density at radius 2 is 2.04 bits per heavy atom. The van der Waals surface area contributed by atoms with E-state index < -0.39 is 5.92 Å². The molecule has 150 valence electrons. The van der Waals surface area contributed by atoms with Gasteiger partial charge in [-0.25, -0.2) is 18.7 Å². The fourth-order valence-corrected chi connectivity index (χ4v) is 4.12. The van der Waals surface area contributed by atoms with Crippen LogP contribution in [0.4, 0.5) is 8.78 Å². The highest BCUT2D eigenvalue weighted by Gasteiger charge is 2.37. The first kappa shape index (κ1) is 19.0. The summed E-state index contributed by atoms with van der Waals surface area (Å²) in [6, 6.07) is 1.91. The third-order valence-electron chi connectivity index (χ3n) is 5.78. The fourth-order valence-electron chi connectivity index (χ4n) is 4.12. The first-order valence-electron chi connectivity index (χ1n) is 9.91. The van der Waals surface area contributed by atoms with Crippen molar-refractivity contribution >= 4 is 5.91 Å². The summed E-state index contributed by atoms with van der Waals surface area (Å²) >= 11 is 0. The number of carbonyl (C=O) groups excluding carboxylic acids is 1. The minimum absolute atomic E-state index is 0.0790. The van der Waals surface area contributed by atoms with Crippen molar-refractivity contribution in [1.82, 2.24) is 24.6 Å². The van der Waals surface area contributed by atoms with Crippen molar-refractivity contribution in [3.05, 3.63) is 29.3 Å².